The van der Waals surface area contributed by atoms with Gasteiger partial charge in [-0.3, -0.25) is 0 Å². The third-order valence-corrected chi connectivity index (χ3v) is 3.34. The SMILES string of the molecule is FC(F)(F)c1ccc(-c2ccc([C]CCCCl)cc2)cc1. The molecule has 0 nitrogen and oxygen atoms in total. The molecule has 4 heteroatoms. The van der Waals surface area contributed by atoms with Crippen LogP contribution in [0.15, 0.2) is 48.5 Å². The van der Waals surface area contributed by atoms with E-state index < -0.39 is 11.7 Å². The summed E-state index contributed by atoms with van der Waals surface area (Å²) >= 11 is 5.60. The predicted octanol–water partition coefficient (Wildman–Crippen LogP) is 5.82. The van der Waals surface area contributed by atoms with E-state index in [4.69, 9.17) is 11.6 Å². The molecular weight excluding hydrogens is 297 g/mol. The monoisotopic (exact) mass is 310 g/mol. The smallest absolute Gasteiger partial charge is 0.166 e. The fourth-order valence-electron chi connectivity index (χ4n) is 1.93. The molecule has 2 rings (SSSR count). The number of alkyl halides is 4. The Labute approximate surface area is 127 Å². The Bertz CT molecular complexity index is 556. The average molecular weight is 311 g/mol. The first-order valence-corrected chi connectivity index (χ1v) is 7.12. The summed E-state index contributed by atoms with van der Waals surface area (Å²) < 4.78 is 37.5. The van der Waals surface area contributed by atoms with Crippen molar-refractivity contribution in [3.63, 3.8) is 0 Å². The van der Waals surface area contributed by atoms with Gasteiger partial charge in [-0.15, -0.1) is 11.6 Å². The lowest BCUT2D eigenvalue weighted by molar-refractivity contribution is -0.137. The van der Waals surface area contributed by atoms with Gasteiger partial charge in [0.25, 0.3) is 0 Å². The van der Waals surface area contributed by atoms with Gasteiger partial charge >= 0.3 is 6.18 Å². The van der Waals surface area contributed by atoms with Crippen LogP contribution in [0.5, 0.6) is 0 Å². The van der Waals surface area contributed by atoms with E-state index in [9.17, 15) is 13.2 Å². The van der Waals surface area contributed by atoms with Crippen molar-refractivity contribution in [2.75, 3.05) is 5.88 Å². The zero-order chi connectivity index (χ0) is 15.3. The molecule has 0 saturated heterocycles. The van der Waals surface area contributed by atoms with Gasteiger partial charge in [-0.2, -0.15) is 13.2 Å². The van der Waals surface area contributed by atoms with Crippen LogP contribution < -0.4 is 0 Å². The molecule has 0 N–H and O–H groups in total. The molecule has 0 amide bonds. The fourth-order valence-corrected chi connectivity index (χ4v) is 2.07. The number of unbranched alkanes of at least 4 members (excludes halogenated alkanes) is 1. The lowest BCUT2D eigenvalue weighted by Gasteiger charge is -2.08. The van der Waals surface area contributed by atoms with Crippen LogP contribution in [0.1, 0.15) is 24.0 Å². The van der Waals surface area contributed by atoms with Crippen molar-refractivity contribution in [3.8, 4) is 11.1 Å². The van der Waals surface area contributed by atoms with Gasteiger partial charge in [0.05, 0.1) is 5.56 Å². The Morgan fingerprint density at radius 1 is 0.857 bits per heavy atom. The maximum atomic E-state index is 12.5. The molecule has 0 fully saturated rings. The molecule has 0 bridgehead atoms. The summed E-state index contributed by atoms with van der Waals surface area (Å²) in [4.78, 5) is 0. The van der Waals surface area contributed by atoms with Gasteiger partial charge in [0, 0.05) is 12.3 Å². The van der Waals surface area contributed by atoms with Gasteiger partial charge in [0.1, 0.15) is 0 Å². The Hall–Kier alpha value is -1.48. The summed E-state index contributed by atoms with van der Waals surface area (Å²) in [6.45, 7) is 0. The molecule has 21 heavy (non-hydrogen) atoms. The van der Waals surface area contributed by atoms with Crippen molar-refractivity contribution in [1.29, 1.82) is 0 Å². The van der Waals surface area contributed by atoms with E-state index in [2.05, 4.69) is 6.42 Å². The quantitative estimate of drug-likeness (QED) is 0.482. The molecule has 2 aromatic carbocycles. The molecular formula is C17H14ClF3. The van der Waals surface area contributed by atoms with E-state index in [1.54, 1.807) is 0 Å². The number of rotatable bonds is 5. The third kappa shape index (κ3) is 4.50. The lowest BCUT2D eigenvalue weighted by atomic mass is 10.0. The molecule has 0 unspecified atom stereocenters. The van der Waals surface area contributed by atoms with Crippen molar-refractivity contribution in [1.82, 2.24) is 0 Å². The standard InChI is InChI=1S/C17H14ClF3/c18-12-2-1-3-13-4-6-14(7-5-13)15-8-10-16(11-9-15)17(19,20)21/h4-11H,1-2,12H2. The minimum absolute atomic E-state index is 0.608. The maximum Gasteiger partial charge on any atom is 0.416 e. The molecule has 110 valence electrons. The van der Waals surface area contributed by atoms with Crippen molar-refractivity contribution < 1.29 is 13.2 Å². The second-order valence-electron chi connectivity index (χ2n) is 4.62. The highest BCUT2D eigenvalue weighted by Gasteiger charge is 2.29. The van der Waals surface area contributed by atoms with Crippen LogP contribution in [0, 0.1) is 6.42 Å². The molecule has 0 aliphatic heterocycles. The zero-order valence-corrected chi connectivity index (χ0v) is 12.0. The first kappa shape index (κ1) is 15.9. The second kappa shape index (κ2) is 6.99. The number of halogens is 4. The van der Waals surface area contributed by atoms with Crippen molar-refractivity contribution in [3.05, 3.63) is 66.1 Å². The van der Waals surface area contributed by atoms with Crippen LogP contribution in [0.3, 0.4) is 0 Å². The minimum Gasteiger partial charge on any atom is -0.166 e. The molecule has 0 aromatic heterocycles. The molecule has 0 spiro atoms. The first-order valence-electron chi connectivity index (χ1n) is 6.58. The predicted molar refractivity (Wildman–Crippen MR) is 79.2 cm³/mol. The zero-order valence-electron chi connectivity index (χ0n) is 11.3. The second-order valence-corrected chi connectivity index (χ2v) is 5.00. The summed E-state index contributed by atoms with van der Waals surface area (Å²) in [5.74, 6) is 0.608. The Morgan fingerprint density at radius 2 is 1.38 bits per heavy atom. The largest absolute Gasteiger partial charge is 0.416 e. The van der Waals surface area contributed by atoms with Gasteiger partial charge < -0.3 is 0 Å². The molecule has 0 heterocycles. The van der Waals surface area contributed by atoms with Gasteiger partial charge in [0.15, 0.2) is 0 Å². The van der Waals surface area contributed by atoms with Crippen LogP contribution >= 0.6 is 11.6 Å². The van der Waals surface area contributed by atoms with Gasteiger partial charge in [-0.25, -0.2) is 0 Å². The normalized spacial score (nSPS) is 11.6. The van der Waals surface area contributed by atoms with Crippen molar-refractivity contribution >= 4 is 11.6 Å². The van der Waals surface area contributed by atoms with Crippen LogP contribution in [0.25, 0.3) is 11.1 Å². The van der Waals surface area contributed by atoms with E-state index in [1.807, 2.05) is 24.3 Å². The average Bonchev–Trinajstić information content (AvgIpc) is 2.48. The van der Waals surface area contributed by atoms with Crippen molar-refractivity contribution in [2.45, 2.75) is 19.0 Å². The molecule has 0 aliphatic rings. The molecule has 0 aliphatic carbocycles. The molecule has 0 saturated carbocycles. The van der Waals surface area contributed by atoms with E-state index in [0.29, 0.717) is 5.88 Å². The number of hydrogen-bond donors (Lipinski definition) is 0. The van der Waals surface area contributed by atoms with Crippen LogP contribution in [-0.2, 0) is 6.18 Å². The summed E-state index contributed by atoms with van der Waals surface area (Å²) in [6.07, 6.45) is 0.595. The number of benzene rings is 2. The third-order valence-electron chi connectivity index (χ3n) is 3.07. The topological polar surface area (TPSA) is 0 Å². The summed E-state index contributed by atoms with van der Waals surface area (Å²) in [5, 5.41) is 0. The van der Waals surface area contributed by atoms with Gasteiger partial charge in [-0.05, 0) is 41.7 Å². The Kier molecular flexibility index (Phi) is 5.29. The van der Waals surface area contributed by atoms with E-state index in [-0.39, 0.29) is 0 Å². The van der Waals surface area contributed by atoms with Crippen LogP contribution in [-0.4, -0.2) is 5.88 Å². The molecule has 2 aromatic rings. The van der Waals surface area contributed by atoms with Crippen LogP contribution in [0.2, 0.25) is 0 Å². The van der Waals surface area contributed by atoms with Crippen LogP contribution in [0.4, 0.5) is 13.2 Å². The van der Waals surface area contributed by atoms with E-state index in [0.717, 1.165) is 41.7 Å². The summed E-state index contributed by atoms with van der Waals surface area (Å²) in [6, 6.07) is 12.7. The van der Waals surface area contributed by atoms with Gasteiger partial charge in [-0.1, -0.05) is 36.4 Å². The lowest BCUT2D eigenvalue weighted by Crippen LogP contribution is -2.03. The van der Waals surface area contributed by atoms with E-state index >= 15 is 0 Å². The molecule has 2 radical (unpaired) electrons. The Balaban J connectivity index is 2.08. The van der Waals surface area contributed by atoms with Gasteiger partial charge in [0.2, 0.25) is 0 Å². The Morgan fingerprint density at radius 3 is 1.86 bits per heavy atom. The highest BCUT2D eigenvalue weighted by atomic mass is 35.5. The van der Waals surface area contributed by atoms with E-state index in [1.165, 1.54) is 12.1 Å². The molecule has 0 atom stereocenters. The summed E-state index contributed by atoms with van der Waals surface area (Å²) in [7, 11) is 0. The first-order chi connectivity index (χ1) is 10.0. The number of hydrogen-bond acceptors (Lipinski definition) is 0. The fraction of sp³-hybridized carbons (Fsp3) is 0.235. The summed E-state index contributed by atoms with van der Waals surface area (Å²) in [5.41, 5.74) is 1.98. The van der Waals surface area contributed by atoms with Crippen molar-refractivity contribution in [2.24, 2.45) is 0 Å². The maximum absolute atomic E-state index is 12.5. The minimum atomic E-state index is -4.30. The highest BCUT2D eigenvalue weighted by Crippen LogP contribution is 2.31. The highest BCUT2D eigenvalue weighted by molar-refractivity contribution is 6.17.